The molecule has 36 heavy (non-hydrogen) atoms. The largest absolute Gasteiger partial charge is 0.493 e. The van der Waals surface area contributed by atoms with Crippen LogP contribution in [0, 0.1) is 3.57 Å². The first-order valence-electron chi connectivity index (χ1n) is 10.9. The molecule has 0 spiro atoms. The summed E-state index contributed by atoms with van der Waals surface area (Å²) >= 11 is 8.07. The van der Waals surface area contributed by atoms with Crippen LogP contribution in [0.3, 0.4) is 0 Å². The molecule has 0 fully saturated rings. The van der Waals surface area contributed by atoms with Crippen molar-refractivity contribution in [3.8, 4) is 23.0 Å². The summed E-state index contributed by atoms with van der Waals surface area (Å²) in [6.07, 6.45) is 1.70. The molecule has 0 bridgehead atoms. The molecule has 1 heterocycles. The second kappa shape index (κ2) is 10.5. The Labute approximate surface area is 225 Å². The lowest BCUT2D eigenvalue weighted by atomic mass is 10.2. The molecule has 0 saturated heterocycles. The molecule has 0 atom stereocenters. The number of halogens is 2. The lowest BCUT2D eigenvalue weighted by molar-refractivity contribution is 0.0728. The summed E-state index contributed by atoms with van der Waals surface area (Å²) < 4.78 is 17.7. The molecule has 178 valence electrons. The van der Waals surface area contributed by atoms with Gasteiger partial charge in [0.1, 0.15) is 5.52 Å². The third-order valence-electron chi connectivity index (χ3n) is 5.31. The standard InChI is InChI=1S/C28H18ClIN2O4/c1-34-26-14-17(6-12-25(26)36-28(33)21-4-2-3-5-22(21)30)16-31-20-11-13-24-23(15-20)32-27(35-24)18-7-9-19(29)10-8-18/h2-16H,1H3. The van der Waals surface area contributed by atoms with Gasteiger partial charge < -0.3 is 13.9 Å². The number of carbonyl (C=O) groups is 1. The fraction of sp³-hybridized carbons (Fsp3) is 0.0357. The normalized spacial score (nSPS) is 11.2. The van der Waals surface area contributed by atoms with Gasteiger partial charge in [0.15, 0.2) is 17.1 Å². The van der Waals surface area contributed by atoms with E-state index in [9.17, 15) is 4.79 Å². The maximum Gasteiger partial charge on any atom is 0.344 e. The zero-order valence-corrected chi connectivity index (χ0v) is 21.9. The Kier molecular flexibility index (Phi) is 7.02. The minimum absolute atomic E-state index is 0.332. The van der Waals surface area contributed by atoms with Gasteiger partial charge in [-0.15, -0.1) is 0 Å². The number of hydrogen-bond donors (Lipinski definition) is 0. The van der Waals surface area contributed by atoms with Crippen molar-refractivity contribution in [2.45, 2.75) is 0 Å². The van der Waals surface area contributed by atoms with E-state index in [0.717, 1.165) is 14.7 Å². The smallest absolute Gasteiger partial charge is 0.344 e. The van der Waals surface area contributed by atoms with Gasteiger partial charge in [-0.3, -0.25) is 4.99 Å². The van der Waals surface area contributed by atoms with Crippen LogP contribution < -0.4 is 9.47 Å². The van der Waals surface area contributed by atoms with Crippen molar-refractivity contribution in [1.82, 2.24) is 4.98 Å². The average molecular weight is 609 g/mol. The molecular weight excluding hydrogens is 591 g/mol. The molecule has 5 rings (SSSR count). The zero-order chi connectivity index (χ0) is 25.1. The lowest BCUT2D eigenvalue weighted by Crippen LogP contribution is -2.11. The van der Waals surface area contributed by atoms with Crippen LogP contribution in [0.15, 0.2) is 94.3 Å². The lowest BCUT2D eigenvalue weighted by Gasteiger charge is -2.10. The van der Waals surface area contributed by atoms with E-state index in [1.165, 1.54) is 7.11 Å². The summed E-state index contributed by atoms with van der Waals surface area (Å²) in [6.45, 7) is 0. The van der Waals surface area contributed by atoms with Gasteiger partial charge in [0, 0.05) is 20.4 Å². The van der Waals surface area contributed by atoms with Crippen LogP contribution in [0.5, 0.6) is 11.5 Å². The summed E-state index contributed by atoms with van der Waals surface area (Å²) in [7, 11) is 1.52. The average Bonchev–Trinajstić information content (AvgIpc) is 3.32. The molecule has 8 heteroatoms. The Morgan fingerprint density at radius 3 is 2.58 bits per heavy atom. The molecule has 6 nitrogen and oxygen atoms in total. The first-order chi connectivity index (χ1) is 17.5. The van der Waals surface area contributed by atoms with Gasteiger partial charge in [-0.2, -0.15) is 0 Å². The molecule has 5 aromatic rings. The number of methoxy groups -OCH3 is 1. The van der Waals surface area contributed by atoms with E-state index in [0.29, 0.717) is 44.8 Å². The van der Waals surface area contributed by atoms with Gasteiger partial charge in [0.05, 0.1) is 18.4 Å². The monoisotopic (exact) mass is 608 g/mol. The van der Waals surface area contributed by atoms with Crippen molar-refractivity contribution in [2.24, 2.45) is 4.99 Å². The molecule has 0 radical (unpaired) electrons. The predicted molar refractivity (Wildman–Crippen MR) is 149 cm³/mol. The van der Waals surface area contributed by atoms with Crippen molar-refractivity contribution in [3.63, 3.8) is 0 Å². The maximum atomic E-state index is 12.6. The van der Waals surface area contributed by atoms with Crippen LogP contribution in [0.2, 0.25) is 5.02 Å². The minimum Gasteiger partial charge on any atom is -0.493 e. The first kappa shape index (κ1) is 24.0. The molecule has 1 aromatic heterocycles. The molecule has 0 aliphatic carbocycles. The van der Waals surface area contributed by atoms with E-state index in [1.807, 2.05) is 42.5 Å². The molecule has 0 amide bonds. The van der Waals surface area contributed by atoms with E-state index in [1.54, 1.807) is 48.7 Å². The number of esters is 1. The molecular formula is C28H18ClIN2O4. The number of carbonyl (C=O) groups excluding carboxylic acids is 1. The number of aromatic nitrogens is 1. The summed E-state index contributed by atoms with van der Waals surface area (Å²) in [5.41, 5.74) is 4.20. The number of ether oxygens (including phenoxy) is 2. The number of oxazole rings is 1. The van der Waals surface area contributed by atoms with Gasteiger partial charge >= 0.3 is 5.97 Å². The summed E-state index contributed by atoms with van der Waals surface area (Å²) in [5, 5.41) is 0.653. The van der Waals surface area contributed by atoms with Crippen molar-refractivity contribution in [1.29, 1.82) is 0 Å². The molecule has 0 saturated carbocycles. The molecule has 4 aromatic carbocycles. The quantitative estimate of drug-likeness (QED) is 0.0854. The van der Waals surface area contributed by atoms with E-state index >= 15 is 0 Å². The van der Waals surface area contributed by atoms with Crippen molar-refractivity contribution in [2.75, 3.05) is 7.11 Å². The Balaban J connectivity index is 1.34. The van der Waals surface area contributed by atoms with Gasteiger partial charge in [0.2, 0.25) is 5.89 Å². The Morgan fingerprint density at radius 1 is 1.00 bits per heavy atom. The predicted octanol–water partition coefficient (Wildman–Crippen LogP) is 7.73. The van der Waals surface area contributed by atoms with Gasteiger partial charge in [-0.1, -0.05) is 23.7 Å². The molecule has 0 unspecified atom stereocenters. The number of rotatable bonds is 6. The zero-order valence-electron chi connectivity index (χ0n) is 18.9. The second-order valence-corrected chi connectivity index (χ2v) is 9.31. The SMILES string of the molecule is COc1cc(C=Nc2ccc3oc(-c4ccc(Cl)cc4)nc3c2)ccc1OC(=O)c1ccccc1I. The number of nitrogens with zero attached hydrogens (tertiary/aromatic N) is 2. The van der Waals surface area contributed by atoms with Crippen LogP contribution in [-0.2, 0) is 0 Å². The van der Waals surface area contributed by atoms with Gasteiger partial charge in [-0.05, 0) is 101 Å². The summed E-state index contributed by atoms with van der Waals surface area (Å²) in [4.78, 5) is 21.7. The molecule has 0 aliphatic heterocycles. The number of aliphatic imine (C=N–C) groups is 1. The highest BCUT2D eigenvalue weighted by molar-refractivity contribution is 14.1. The fourth-order valence-electron chi connectivity index (χ4n) is 3.49. The van der Waals surface area contributed by atoms with E-state index in [2.05, 4.69) is 32.6 Å². The first-order valence-corrected chi connectivity index (χ1v) is 12.3. The number of benzene rings is 4. The Morgan fingerprint density at radius 2 is 1.81 bits per heavy atom. The van der Waals surface area contributed by atoms with Crippen molar-refractivity contribution >= 4 is 63.2 Å². The second-order valence-electron chi connectivity index (χ2n) is 7.72. The molecule has 0 N–H and O–H groups in total. The minimum atomic E-state index is -0.446. The van der Waals surface area contributed by atoms with Gasteiger partial charge in [-0.25, -0.2) is 9.78 Å². The fourth-order valence-corrected chi connectivity index (χ4v) is 4.23. The van der Waals surface area contributed by atoms with E-state index in [-0.39, 0.29) is 0 Å². The topological polar surface area (TPSA) is 73.9 Å². The number of hydrogen-bond acceptors (Lipinski definition) is 6. The summed E-state index contributed by atoms with van der Waals surface area (Å²) in [5.74, 6) is 0.831. The molecule has 0 aliphatic rings. The highest BCUT2D eigenvalue weighted by Gasteiger charge is 2.15. The van der Waals surface area contributed by atoms with E-state index in [4.69, 9.17) is 25.5 Å². The highest BCUT2D eigenvalue weighted by Crippen LogP contribution is 2.30. The van der Waals surface area contributed by atoms with E-state index < -0.39 is 5.97 Å². The highest BCUT2D eigenvalue weighted by atomic mass is 127. The maximum absolute atomic E-state index is 12.6. The van der Waals surface area contributed by atoms with Crippen LogP contribution >= 0.6 is 34.2 Å². The van der Waals surface area contributed by atoms with Crippen LogP contribution in [0.25, 0.3) is 22.6 Å². The Hall–Kier alpha value is -3.69. The Bertz CT molecular complexity index is 1600. The number of fused-ring (bicyclic) bond motifs is 1. The summed E-state index contributed by atoms with van der Waals surface area (Å²) in [6, 6.07) is 25.3. The third kappa shape index (κ3) is 5.27. The third-order valence-corrected chi connectivity index (χ3v) is 6.50. The van der Waals surface area contributed by atoms with Gasteiger partial charge in [0.25, 0.3) is 0 Å². The van der Waals surface area contributed by atoms with Crippen molar-refractivity contribution in [3.05, 3.63) is 105 Å². The van der Waals surface area contributed by atoms with Crippen LogP contribution in [-0.4, -0.2) is 24.3 Å². The van der Waals surface area contributed by atoms with Crippen LogP contribution in [0.4, 0.5) is 5.69 Å². The van der Waals surface area contributed by atoms with Crippen LogP contribution in [0.1, 0.15) is 15.9 Å². The van der Waals surface area contributed by atoms with Crippen molar-refractivity contribution < 1.29 is 18.7 Å².